The number of carbonyl (C=O) groups excluding carboxylic acids is 1. The predicted molar refractivity (Wildman–Crippen MR) is 118 cm³/mol. The second kappa shape index (κ2) is 9.90. The van der Waals surface area contributed by atoms with Gasteiger partial charge in [-0.1, -0.05) is 5.16 Å². The Morgan fingerprint density at radius 1 is 1.23 bits per heavy atom. The highest BCUT2D eigenvalue weighted by Crippen LogP contribution is 2.39. The van der Waals surface area contributed by atoms with Gasteiger partial charge in [0.05, 0.1) is 17.0 Å². The molecule has 0 aromatic carbocycles. The number of hydrogen-bond acceptors (Lipinski definition) is 5. The van der Waals surface area contributed by atoms with Gasteiger partial charge in [-0.15, -0.1) is 0 Å². The number of aromatic nitrogens is 4. The maximum Gasteiger partial charge on any atom is 0.220 e. The molecule has 1 N–H and O–H groups in total. The molecule has 3 heterocycles. The van der Waals surface area contributed by atoms with Gasteiger partial charge in [0.2, 0.25) is 5.91 Å². The molecule has 4 rings (SSSR count). The van der Waals surface area contributed by atoms with E-state index in [2.05, 4.69) is 15.5 Å². The third-order valence-corrected chi connectivity index (χ3v) is 6.19. The summed E-state index contributed by atoms with van der Waals surface area (Å²) in [5, 5.41) is 11.9. The smallest absolute Gasteiger partial charge is 0.220 e. The van der Waals surface area contributed by atoms with Crippen LogP contribution in [0.1, 0.15) is 61.4 Å². The summed E-state index contributed by atoms with van der Waals surface area (Å²) in [4.78, 5) is 16.2. The van der Waals surface area contributed by atoms with Crippen LogP contribution in [0.5, 0.6) is 0 Å². The average molecular weight is 422 g/mol. The van der Waals surface area contributed by atoms with Crippen LogP contribution in [0, 0.1) is 12.8 Å². The van der Waals surface area contributed by atoms with Crippen molar-refractivity contribution in [3.63, 3.8) is 0 Å². The second-order valence-corrected chi connectivity index (χ2v) is 8.66. The molecule has 0 bridgehead atoms. The van der Waals surface area contributed by atoms with Crippen LogP contribution in [0.2, 0.25) is 0 Å². The van der Waals surface area contributed by atoms with Crippen molar-refractivity contribution in [3.05, 3.63) is 53.7 Å². The van der Waals surface area contributed by atoms with Crippen molar-refractivity contribution in [1.29, 1.82) is 0 Å². The first-order valence-electron chi connectivity index (χ1n) is 11.2. The van der Waals surface area contributed by atoms with Gasteiger partial charge in [-0.25, -0.2) is 0 Å². The molecule has 31 heavy (non-hydrogen) atoms. The summed E-state index contributed by atoms with van der Waals surface area (Å²) >= 11 is 0. The zero-order valence-corrected chi connectivity index (χ0v) is 18.4. The highest BCUT2D eigenvalue weighted by molar-refractivity contribution is 5.75. The van der Waals surface area contributed by atoms with Crippen molar-refractivity contribution in [3.8, 4) is 11.3 Å². The Morgan fingerprint density at radius 2 is 2.00 bits per heavy atom. The molecule has 1 amide bonds. The molecule has 0 unspecified atom stereocenters. The molecule has 0 spiro atoms. The summed E-state index contributed by atoms with van der Waals surface area (Å²) in [5.41, 5.74) is 4.27. The Kier molecular flexibility index (Phi) is 6.79. The van der Waals surface area contributed by atoms with Gasteiger partial charge in [0.25, 0.3) is 0 Å². The molecule has 1 fully saturated rings. The van der Waals surface area contributed by atoms with Crippen LogP contribution in [0.3, 0.4) is 0 Å². The number of hydrogen-bond donors (Lipinski definition) is 1. The molecule has 7 nitrogen and oxygen atoms in total. The quantitative estimate of drug-likeness (QED) is 0.589. The number of amides is 1. The van der Waals surface area contributed by atoms with E-state index in [9.17, 15) is 4.79 Å². The molecule has 164 valence electrons. The normalized spacial score (nSPS) is 18.8. The fraction of sp³-hybridized carbons (Fsp3) is 0.500. The monoisotopic (exact) mass is 421 g/mol. The summed E-state index contributed by atoms with van der Waals surface area (Å²) in [6, 6.07) is 5.98. The number of aryl methyl sites for hydroxylation is 3. The lowest BCUT2D eigenvalue weighted by Crippen LogP contribution is -2.31. The van der Waals surface area contributed by atoms with Gasteiger partial charge in [-0.3, -0.25) is 14.5 Å². The molecule has 0 saturated heterocycles. The lowest BCUT2D eigenvalue weighted by molar-refractivity contribution is -0.121. The zero-order valence-electron chi connectivity index (χ0n) is 18.4. The Balaban J connectivity index is 1.22. The van der Waals surface area contributed by atoms with Gasteiger partial charge >= 0.3 is 0 Å². The topological polar surface area (TPSA) is 85.8 Å². The fourth-order valence-electron chi connectivity index (χ4n) is 4.48. The summed E-state index contributed by atoms with van der Waals surface area (Å²) in [6.07, 6.45) is 12.3. The van der Waals surface area contributed by atoms with Gasteiger partial charge < -0.3 is 9.84 Å². The zero-order chi connectivity index (χ0) is 21.6. The van der Waals surface area contributed by atoms with Crippen molar-refractivity contribution in [2.75, 3.05) is 6.54 Å². The van der Waals surface area contributed by atoms with Crippen LogP contribution in [-0.4, -0.2) is 32.4 Å². The number of rotatable bonds is 8. The third-order valence-electron chi connectivity index (χ3n) is 6.19. The van der Waals surface area contributed by atoms with Gasteiger partial charge in [0.15, 0.2) is 5.76 Å². The van der Waals surface area contributed by atoms with E-state index in [1.54, 1.807) is 12.4 Å². The Bertz CT molecular complexity index is 987. The first kappa shape index (κ1) is 21.3. The molecule has 0 aliphatic heterocycles. The van der Waals surface area contributed by atoms with E-state index in [0.29, 0.717) is 18.3 Å². The summed E-state index contributed by atoms with van der Waals surface area (Å²) in [6.45, 7) is 2.71. The SMILES string of the molecule is Cc1cc(-c2cn(C)nc2C2CCC(CNC(=O)CCCc3ccncc3)CC2)on1. The molecule has 3 aromatic rings. The van der Waals surface area contributed by atoms with E-state index in [1.165, 1.54) is 5.56 Å². The van der Waals surface area contributed by atoms with Crippen LogP contribution in [0.4, 0.5) is 0 Å². The van der Waals surface area contributed by atoms with Gasteiger partial charge in [-0.05, 0) is 69.1 Å². The lowest BCUT2D eigenvalue weighted by atomic mass is 9.79. The van der Waals surface area contributed by atoms with Crippen molar-refractivity contribution in [1.82, 2.24) is 25.2 Å². The molecular weight excluding hydrogens is 390 g/mol. The molecule has 0 atom stereocenters. The summed E-state index contributed by atoms with van der Waals surface area (Å²) in [7, 11) is 1.95. The van der Waals surface area contributed by atoms with Crippen LogP contribution in [0.25, 0.3) is 11.3 Å². The van der Waals surface area contributed by atoms with Gasteiger partial charge in [0.1, 0.15) is 0 Å². The van der Waals surface area contributed by atoms with Crippen LogP contribution in [0.15, 0.2) is 41.3 Å². The van der Waals surface area contributed by atoms with E-state index < -0.39 is 0 Å². The average Bonchev–Trinajstić information content (AvgIpc) is 3.39. The van der Waals surface area contributed by atoms with E-state index in [-0.39, 0.29) is 5.91 Å². The Labute approximate surface area is 183 Å². The molecule has 0 radical (unpaired) electrons. The standard InChI is InChI=1S/C24H31N5O2/c1-17-14-22(31-28-17)21-16-29(2)27-24(21)20-8-6-19(7-9-20)15-26-23(30)5-3-4-18-10-12-25-13-11-18/h10-14,16,19-20H,3-9,15H2,1-2H3,(H,26,30). The molecule has 3 aromatic heterocycles. The van der Waals surface area contributed by atoms with Gasteiger partial charge in [0, 0.05) is 50.6 Å². The van der Waals surface area contributed by atoms with E-state index in [1.807, 2.05) is 43.0 Å². The van der Waals surface area contributed by atoms with Crippen LogP contribution in [-0.2, 0) is 18.3 Å². The summed E-state index contributed by atoms with van der Waals surface area (Å²) in [5.74, 6) is 1.92. The Hall–Kier alpha value is -2.96. The third kappa shape index (κ3) is 5.60. The van der Waals surface area contributed by atoms with Crippen molar-refractivity contribution in [2.24, 2.45) is 13.0 Å². The van der Waals surface area contributed by atoms with E-state index in [4.69, 9.17) is 9.62 Å². The van der Waals surface area contributed by atoms with Crippen molar-refractivity contribution in [2.45, 2.75) is 57.8 Å². The predicted octanol–water partition coefficient (Wildman–Crippen LogP) is 4.19. The lowest BCUT2D eigenvalue weighted by Gasteiger charge is -2.28. The minimum Gasteiger partial charge on any atom is -0.356 e. The highest BCUT2D eigenvalue weighted by Gasteiger charge is 2.27. The number of pyridine rings is 1. The van der Waals surface area contributed by atoms with E-state index >= 15 is 0 Å². The molecule has 7 heteroatoms. The fourth-order valence-corrected chi connectivity index (χ4v) is 4.48. The molecule has 1 aliphatic carbocycles. The number of carbonyl (C=O) groups is 1. The summed E-state index contributed by atoms with van der Waals surface area (Å²) < 4.78 is 7.35. The van der Waals surface area contributed by atoms with Crippen LogP contribution < -0.4 is 5.32 Å². The maximum atomic E-state index is 12.2. The van der Waals surface area contributed by atoms with Crippen molar-refractivity contribution >= 4 is 5.91 Å². The van der Waals surface area contributed by atoms with Crippen LogP contribution >= 0.6 is 0 Å². The van der Waals surface area contributed by atoms with E-state index in [0.717, 1.165) is 67.8 Å². The van der Waals surface area contributed by atoms with Crippen molar-refractivity contribution < 1.29 is 9.32 Å². The first-order valence-corrected chi connectivity index (χ1v) is 11.2. The molecule has 1 saturated carbocycles. The largest absolute Gasteiger partial charge is 0.356 e. The minimum absolute atomic E-state index is 0.156. The maximum absolute atomic E-state index is 12.2. The minimum atomic E-state index is 0.156. The second-order valence-electron chi connectivity index (χ2n) is 8.66. The number of nitrogens with zero attached hydrogens (tertiary/aromatic N) is 4. The molecule has 1 aliphatic rings. The first-order chi connectivity index (χ1) is 15.1. The number of nitrogens with one attached hydrogen (secondary N) is 1. The highest BCUT2D eigenvalue weighted by atomic mass is 16.5. The van der Waals surface area contributed by atoms with Gasteiger partial charge in [-0.2, -0.15) is 5.10 Å². The Morgan fingerprint density at radius 3 is 2.71 bits per heavy atom. The molecular formula is C24H31N5O2.